The van der Waals surface area contributed by atoms with Crippen molar-refractivity contribution in [2.75, 3.05) is 6.54 Å². The number of carbonyl (C=O) groups is 1. The van der Waals surface area contributed by atoms with Gasteiger partial charge < -0.3 is 10.5 Å². The third kappa shape index (κ3) is 5.85. The van der Waals surface area contributed by atoms with Crippen LogP contribution in [0.5, 0.6) is 0 Å². The second-order valence-electron chi connectivity index (χ2n) is 2.60. The largest absolute Gasteiger partial charge is 0.463 e. The topological polar surface area (TPSA) is 52.3 Å². The van der Waals surface area contributed by atoms with E-state index < -0.39 is 0 Å². The lowest BCUT2D eigenvalue weighted by Gasteiger charge is -2.09. The van der Waals surface area contributed by atoms with E-state index in [0.29, 0.717) is 13.0 Å². The highest BCUT2D eigenvalue weighted by Gasteiger charge is 2.05. The first-order valence-corrected chi connectivity index (χ1v) is 4.10. The molecule has 0 aliphatic heterocycles. The maximum atomic E-state index is 10.9. The van der Waals surface area contributed by atoms with Crippen molar-refractivity contribution >= 4 is 5.97 Å². The number of carbonyl (C=O) groups excluding carboxylic acids is 1. The average Bonchev–Trinajstić information content (AvgIpc) is 2.00. The van der Waals surface area contributed by atoms with Gasteiger partial charge in [-0.2, -0.15) is 0 Å². The zero-order valence-electron chi connectivity index (χ0n) is 7.30. The molecule has 0 aromatic heterocycles. The molecule has 1 atom stereocenters. The third-order valence-electron chi connectivity index (χ3n) is 1.49. The molecule has 2 N–H and O–H groups in total. The molecule has 0 rings (SSSR count). The van der Waals surface area contributed by atoms with Crippen molar-refractivity contribution in [3.8, 4) is 0 Å². The summed E-state index contributed by atoms with van der Waals surface area (Å²) in [6, 6.07) is 0. The number of ether oxygens (including phenoxy) is 1. The molecule has 0 saturated heterocycles. The molecule has 3 nitrogen and oxygen atoms in total. The summed E-state index contributed by atoms with van der Waals surface area (Å²) in [6.07, 6.45) is 2.07. The Balaban J connectivity index is 3.36. The van der Waals surface area contributed by atoms with Crippen LogP contribution < -0.4 is 5.73 Å². The lowest BCUT2D eigenvalue weighted by atomic mass is 10.3. The first-order chi connectivity index (χ1) is 5.20. The minimum absolute atomic E-state index is 0.0419. The molecule has 0 aliphatic rings. The van der Waals surface area contributed by atoms with E-state index in [1.54, 1.807) is 0 Å². The second kappa shape index (κ2) is 6.16. The summed E-state index contributed by atoms with van der Waals surface area (Å²) in [7, 11) is 0. The van der Waals surface area contributed by atoms with E-state index >= 15 is 0 Å². The smallest absolute Gasteiger partial charge is 0.306 e. The molecule has 0 amide bonds. The van der Waals surface area contributed by atoms with E-state index in [9.17, 15) is 4.79 Å². The Morgan fingerprint density at radius 3 is 2.73 bits per heavy atom. The Kier molecular flexibility index (Phi) is 5.84. The molecular formula is C8H17NO2. The second-order valence-corrected chi connectivity index (χ2v) is 2.60. The van der Waals surface area contributed by atoms with Crippen LogP contribution in [-0.2, 0) is 9.53 Å². The van der Waals surface area contributed by atoms with Crippen molar-refractivity contribution in [3.63, 3.8) is 0 Å². The molecule has 1 unspecified atom stereocenters. The monoisotopic (exact) mass is 159 g/mol. The van der Waals surface area contributed by atoms with Gasteiger partial charge in [0.05, 0.1) is 6.10 Å². The number of hydrogen-bond donors (Lipinski definition) is 1. The summed E-state index contributed by atoms with van der Waals surface area (Å²) in [6.45, 7) is 4.43. The minimum atomic E-state index is -0.134. The normalized spacial score (nSPS) is 12.6. The van der Waals surface area contributed by atoms with Gasteiger partial charge in [-0.1, -0.05) is 6.92 Å². The molecule has 66 valence electrons. The molecule has 0 bridgehead atoms. The zero-order valence-corrected chi connectivity index (χ0v) is 7.30. The highest BCUT2D eigenvalue weighted by Crippen LogP contribution is 1.99. The van der Waals surface area contributed by atoms with E-state index in [1.807, 2.05) is 13.8 Å². The van der Waals surface area contributed by atoms with Gasteiger partial charge in [0.1, 0.15) is 0 Å². The van der Waals surface area contributed by atoms with Crippen LogP contribution in [0.2, 0.25) is 0 Å². The summed E-state index contributed by atoms with van der Waals surface area (Å²) in [4.78, 5) is 10.9. The van der Waals surface area contributed by atoms with E-state index in [-0.39, 0.29) is 12.1 Å². The Morgan fingerprint density at radius 2 is 2.27 bits per heavy atom. The minimum Gasteiger partial charge on any atom is -0.463 e. The molecule has 0 spiro atoms. The van der Waals surface area contributed by atoms with Gasteiger partial charge in [-0.15, -0.1) is 0 Å². The molecule has 0 saturated carbocycles. The Hall–Kier alpha value is -0.570. The van der Waals surface area contributed by atoms with Crippen LogP contribution in [0, 0.1) is 0 Å². The van der Waals surface area contributed by atoms with Crippen LogP contribution in [0.25, 0.3) is 0 Å². The van der Waals surface area contributed by atoms with Crippen molar-refractivity contribution in [1.29, 1.82) is 0 Å². The molecular weight excluding hydrogens is 142 g/mol. The summed E-state index contributed by atoms with van der Waals surface area (Å²) in [5.41, 5.74) is 5.23. The van der Waals surface area contributed by atoms with Gasteiger partial charge in [-0.25, -0.2) is 0 Å². The summed E-state index contributed by atoms with van der Waals surface area (Å²) < 4.78 is 5.01. The fourth-order valence-electron chi connectivity index (χ4n) is 0.613. The van der Waals surface area contributed by atoms with Crippen LogP contribution in [0.4, 0.5) is 0 Å². The van der Waals surface area contributed by atoms with E-state index in [2.05, 4.69) is 0 Å². The molecule has 11 heavy (non-hydrogen) atoms. The van der Waals surface area contributed by atoms with Crippen LogP contribution in [0.1, 0.15) is 33.1 Å². The number of hydrogen-bond acceptors (Lipinski definition) is 3. The number of esters is 1. The summed E-state index contributed by atoms with van der Waals surface area (Å²) in [5, 5.41) is 0. The first-order valence-electron chi connectivity index (χ1n) is 4.10. The Morgan fingerprint density at radius 1 is 1.64 bits per heavy atom. The van der Waals surface area contributed by atoms with E-state index in [0.717, 1.165) is 12.8 Å². The third-order valence-corrected chi connectivity index (χ3v) is 1.49. The molecule has 0 fully saturated rings. The van der Waals surface area contributed by atoms with Crippen LogP contribution in [0.15, 0.2) is 0 Å². The van der Waals surface area contributed by atoms with Crippen LogP contribution in [-0.4, -0.2) is 18.6 Å². The maximum Gasteiger partial charge on any atom is 0.306 e. The molecule has 0 aromatic carbocycles. The van der Waals surface area contributed by atoms with Gasteiger partial charge in [-0.3, -0.25) is 4.79 Å². The van der Waals surface area contributed by atoms with Gasteiger partial charge >= 0.3 is 5.97 Å². The quantitative estimate of drug-likeness (QED) is 0.610. The van der Waals surface area contributed by atoms with Crippen LogP contribution >= 0.6 is 0 Å². The lowest BCUT2D eigenvalue weighted by molar-refractivity contribution is -0.148. The van der Waals surface area contributed by atoms with Gasteiger partial charge in [0.15, 0.2) is 0 Å². The lowest BCUT2D eigenvalue weighted by Crippen LogP contribution is -2.14. The van der Waals surface area contributed by atoms with Crippen molar-refractivity contribution in [1.82, 2.24) is 0 Å². The van der Waals surface area contributed by atoms with Crippen molar-refractivity contribution < 1.29 is 9.53 Å². The van der Waals surface area contributed by atoms with Crippen molar-refractivity contribution in [3.05, 3.63) is 0 Å². The zero-order chi connectivity index (χ0) is 8.69. The number of rotatable bonds is 5. The molecule has 0 aliphatic carbocycles. The van der Waals surface area contributed by atoms with E-state index in [1.165, 1.54) is 0 Å². The number of nitrogens with two attached hydrogens (primary N) is 1. The van der Waals surface area contributed by atoms with E-state index in [4.69, 9.17) is 10.5 Å². The molecule has 3 heteroatoms. The molecule has 0 radical (unpaired) electrons. The highest BCUT2D eigenvalue weighted by atomic mass is 16.5. The predicted octanol–water partition coefficient (Wildman–Crippen LogP) is 1.07. The van der Waals surface area contributed by atoms with Gasteiger partial charge in [-0.05, 0) is 26.3 Å². The standard InChI is InChI=1S/C8H17NO2/c1-3-7(2)11-8(10)5-4-6-9/h7H,3-6,9H2,1-2H3. The molecule has 0 aromatic rings. The van der Waals surface area contributed by atoms with Gasteiger partial charge in [0.2, 0.25) is 0 Å². The SMILES string of the molecule is CCC(C)OC(=O)CCCN. The fraction of sp³-hybridized carbons (Fsp3) is 0.875. The van der Waals surface area contributed by atoms with Crippen molar-refractivity contribution in [2.45, 2.75) is 39.2 Å². The molecule has 0 heterocycles. The fourth-order valence-corrected chi connectivity index (χ4v) is 0.613. The Labute approximate surface area is 67.9 Å². The average molecular weight is 159 g/mol. The van der Waals surface area contributed by atoms with Crippen LogP contribution in [0.3, 0.4) is 0 Å². The summed E-state index contributed by atoms with van der Waals surface area (Å²) >= 11 is 0. The van der Waals surface area contributed by atoms with Crippen molar-refractivity contribution in [2.24, 2.45) is 5.73 Å². The Bertz CT molecular complexity index is 115. The highest BCUT2D eigenvalue weighted by molar-refractivity contribution is 5.69. The predicted molar refractivity (Wildman–Crippen MR) is 44.1 cm³/mol. The maximum absolute atomic E-state index is 10.9. The summed E-state index contributed by atoms with van der Waals surface area (Å²) in [5.74, 6) is -0.134. The first kappa shape index (κ1) is 10.4. The van der Waals surface area contributed by atoms with Gasteiger partial charge in [0, 0.05) is 6.42 Å². The van der Waals surface area contributed by atoms with Gasteiger partial charge in [0.25, 0.3) is 0 Å².